The summed E-state index contributed by atoms with van der Waals surface area (Å²) >= 11 is 0. The molecular formula is C22H19NO3. The topological polar surface area (TPSA) is 80.4 Å². The fourth-order valence-corrected chi connectivity index (χ4v) is 2.87. The molecular weight excluding hydrogens is 326 g/mol. The van der Waals surface area contributed by atoms with E-state index < -0.39 is 0 Å². The van der Waals surface area contributed by atoms with Crippen LogP contribution in [0, 0.1) is 13.8 Å². The average Bonchev–Trinajstić information content (AvgIpc) is 2.64. The number of aromatic hydroxyl groups is 1. The molecule has 0 aliphatic heterocycles. The van der Waals surface area contributed by atoms with Crippen LogP contribution in [0.15, 0.2) is 60.7 Å². The number of anilines is 1. The quantitative estimate of drug-likeness (QED) is 0.372. The minimum atomic E-state index is -0.370. The van der Waals surface area contributed by atoms with Crippen LogP contribution < -0.4 is 5.73 Å². The van der Waals surface area contributed by atoms with E-state index >= 15 is 0 Å². The highest BCUT2D eigenvalue weighted by molar-refractivity contribution is 6.30. The van der Waals surface area contributed by atoms with Crippen LogP contribution in [0.5, 0.6) is 5.75 Å². The Morgan fingerprint density at radius 2 is 1.15 bits per heavy atom. The molecule has 0 saturated carbocycles. The summed E-state index contributed by atoms with van der Waals surface area (Å²) in [6, 6.07) is 17.8. The van der Waals surface area contributed by atoms with Crippen LogP contribution in [0.2, 0.25) is 0 Å². The van der Waals surface area contributed by atoms with E-state index in [0.717, 1.165) is 0 Å². The number of phenolic OH excluding ortho intramolecular Hbond substituents is 1. The molecule has 0 saturated heterocycles. The zero-order chi connectivity index (χ0) is 18.8. The van der Waals surface area contributed by atoms with Gasteiger partial charge in [-0.05, 0) is 26.0 Å². The summed E-state index contributed by atoms with van der Waals surface area (Å²) in [5.74, 6) is -0.911. The van der Waals surface area contributed by atoms with E-state index in [1.807, 2.05) is 0 Å². The second-order valence-corrected chi connectivity index (χ2v) is 6.28. The molecule has 4 rings (SSSR count). The second kappa shape index (κ2) is 6.84. The maximum Gasteiger partial charge on any atom is 0.198 e. The Morgan fingerprint density at radius 3 is 1.65 bits per heavy atom. The average molecular weight is 345 g/mol. The van der Waals surface area contributed by atoms with Gasteiger partial charge in [-0.15, -0.1) is 0 Å². The number of aryl methyl sites for hydroxylation is 2. The fourth-order valence-electron chi connectivity index (χ4n) is 2.87. The molecule has 0 amide bonds. The van der Waals surface area contributed by atoms with Gasteiger partial charge in [-0.2, -0.15) is 0 Å². The molecule has 26 heavy (non-hydrogen) atoms. The fraction of sp³-hybridized carbons (Fsp3) is 0.0909. The van der Waals surface area contributed by atoms with Crippen molar-refractivity contribution in [3.63, 3.8) is 0 Å². The van der Waals surface area contributed by atoms with Crippen molar-refractivity contribution < 1.29 is 14.7 Å². The Labute approximate surface area is 151 Å². The summed E-state index contributed by atoms with van der Waals surface area (Å²) in [5.41, 5.74) is 9.32. The Kier molecular flexibility index (Phi) is 4.59. The zero-order valence-corrected chi connectivity index (χ0v) is 14.6. The van der Waals surface area contributed by atoms with Crippen LogP contribution in [-0.4, -0.2) is 16.7 Å². The summed E-state index contributed by atoms with van der Waals surface area (Å²) in [4.78, 5) is 24.5. The largest absolute Gasteiger partial charge is 0.507 e. The number of hydrogen-bond donors (Lipinski definition) is 2. The molecule has 0 aromatic heterocycles. The van der Waals surface area contributed by atoms with Crippen molar-refractivity contribution in [3.8, 4) is 5.75 Å². The molecule has 0 bridgehead atoms. The minimum Gasteiger partial charge on any atom is -0.507 e. The van der Waals surface area contributed by atoms with Crippen molar-refractivity contribution in [1.29, 1.82) is 0 Å². The number of nitrogens with two attached hydrogens (primary N) is 1. The van der Waals surface area contributed by atoms with Crippen LogP contribution in [0.25, 0.3) is 0 Å². The van der Waals surface area contributed by atoms with E-state index in [1.165, 1.54) is 23.3 Å². The number of nitrogen functional groups attached to an aromatic ring is 1. The van der Waals surface area contributed by atoms with Gasteiger partial charge in [-0.25, -0.2) is 0 Å². The first-order chi connectivity index (χ1) is 12.4. The number of carbonyl (C=O) groups is 2. The summed E-state index contributed by atoms with van der Waals surface area (Å²) in [5, 5.41) is 9.77. The molecule has 0 atom stereocenters. The van der Waals surface area contributed by atoms with Crippen LogP contribution in [0.4, 0.5) is 5.69 Å². The number of rotatable bonds is 0. The SMILES string of the molecule is Cc1ccc(C)cc1.Nc1ccc(O)c2c1C(=O)c1ccccc1C2=O. The Morgan fingerprint density at radius 1 is 0.692 bits per heavy atom. The van der Waals surface area contributed by atoms with Crippen LogP contribution >= 0.6 is 0 Å². The third kappa shape index (κ3) is 3.09. The molecule has 4 nitrogen and oxygen atoms in total. The highest BCUT2D eigenvalue weighted by Gasteiger charge is 2.33. The molecule has 4 heteroatoms. The lowest BCUT2D eigenvalue weighted by atomic mass is 9.83. The van der Waals surface area contributed by atoms with Crippen molar-refractivity contribution in [2.24, 2.45) is 0 Å². The van der Waals surface area contributed by atoms with E-state index in [1.54, 1.807) is 24.3 Å². The molecule has 0 spiro atoms. The Hall–Kier alpha value is -3.40. The third-order valence-electron chi connectivity index (χ3n) is 4.30. The van der Waals surface area contributed by atoms with Gasteiger partial charge >= 0.3 is 0 Å². The lowest BCUT2D eigenvalue weighted by molar-refractivity contribution is 0.0977. The predicted octanol–water partition coefficient (Wildman–Crippen LogP) is 4.05. The van der Waals surface area contributed by atoms with Crippen LogP contribution in [0.3, 0.4) is 0 Å². The summed E-state index contributed by atoms with van der Waals surface area (Å²) in [6.45, 7) is 4.19. The van der Waals surface area contributed by atoms with Crippen molar-refractivity contribution in [1.82, 2.24) is 0 Å². The molecule has 0 unspecified atom stereocenters. The smallest absolute Gasteiger partial charge is 0.198 e. The molecule has 3 N–H and O–H groups in total. The zero-order valence-electron chi connectivity index (χ0n) is 14.6. The standard InChI is InChI=1S/C14H9NO3.C8H10/c15-9-5-6-10(16)12-11(9)13(17)7-3-1-2-4-8(7)14(12)18;1-7-3-5-8(2)6-4-7/h1-6,16H,15H2;3-6H,1-2H3. The monoisotopic (exact) mass is 345 g/mol. The number of ketones is 2. The Bertz CT molecular complexity index is 923. The van der Waals surface area contributed by atoms with Gasteiger partial charge in [0.2, 0.25) is 0 Å². The maximum atomic E-state index is 12.3. The molecule has 1 aliphatic carbocycles. The number of phenols is 1. The second-order valence-electron chi connectivity index (χ2n) is 6.28. The minimum absolute atomic E-state index is 0.00120. The summed E-state index contributed by atoms with van der Waals surface area (Å²) in [6.07, 6.45) is 0. The van der Waals surface area contributed by atoms with E-state index in [0.29, 0.717) is 11.1 Å². The van der Waals surface area contributed by atoms with Crippen LogP contribution in [-0.2, 0) is 0 Å². The van der Waals surface area contributed by atoms with Gasteiger partial charge < -0.3 is 10.8 Å². The first-order valence-corrected chi connectivity index (χ1v) is 8.23. The highest BCUT2D eigenvalue weighted by atomic mass is 16.3. The first-order valence-electron chi connectivity index (χ1n) is 8.23. The van der Waals surface area contributed by atoms with E-state index in [2.05, 4.69) is 38.1 Å². The van der Waals surface area contributed by atoms with Gasteiger partial charge in [0.15, 0.2) is 11.6 Å². The van der Waals surface area contributed by atoms with Crippen molar-refractivity contribution in [3.05, 3.63) is 94.0 Å². The normalized spacial score (nSPS) is 11.9. The first kappa shape index (κ1) is 17.4. The summed E-state index contributed by atoms with van der Waals surface area (Å²) in [7, 11) is 0. The van der Waals surface area contributed by atoms with Crippen molar-refractivity contribution in [2.75, 3.05) is 5.73 Å². The molecule has 1 aliphatic rings. The van der Waals surface area contributed by atoms with Crippen molar-refractivity contribution >= 4 is 17.3 Å². The Balaban J connectivity index is 0.000000206. The van der Waals surface area contributed by atoms with Gasteiger partial charge in [0.25, 0.3) is 0 Å². The maximum absolute atomic E-state index is 12.3. The van der Waals surface area contributed by atoms with Crippen molar-refractivity contribution in [2.45, 2.75) is 13.8 Å². The van der Waals surface area contributed by atoms with Gasteiger partial charge in [0, 0.05) is 16.8 Å². The van der Waals surface area contributed by atoms with Gasteiger partial charge in [0.1, 0.15) is 5.75 Å². The predicted molar refractivity (Wildman–Crippen MR) is 102 cm³/mol. The van der Waals surface area contributed by atoms with E-state index in [-0.39, 0.29) is 34.1 Å². The number of fused-ring (bicyclic) bond motifs is 2. The molecule has 0 fully saturated rings. The van der Waals surface area contributed by atoms with Gasteiger partial charge in [-0.3, -0.25) is 9.59 Å². The number of hydrogen-bond acceptors (Lipinski definition) is 4. The summed E-state index contributed by atoms with van der Waals surface area (Å²) < 4.78 is 0. The van der Waals surface area contributed by atoms with Gasteiger partial charge in [-0.1, -0.05) is 59.7 Å². The van der Waals surface area contributed by atoms with E-state index in [9.17, 15) is 14.7 Å². The number of benzene rings is 3. The third-order valence-corrected chi connectivity index (χ3v) is 4.30. The molecule has 3 aromatic carbocycles. The van der Waals surface area contributed by atoms with Gasteiger partial charge in [0.05, 0.1) is 11.1 Å². The van der Waals surface area contributed by atoms with E-state index in [4.69, 9.17) is 5.73 Å². The van der Waals surface area contributed by atoms with Crippen LogP contribution in [0.1, 0.15) is 43.0 Å². The lowest BCUT2D eigenvalue weighted by Crippen LogP contribution is -2.22. The number of carbonyl (C=O) groups excluding carboxylic acids is 2. The highest BCUT2D eigenvalue weighted by Crippen LogP contribution is 2.35. The molecule has 130 valence electrons. The molecule has 0 radical (unpaired) electrons. The lowest BCUT2D eigenvalue weighted by Gasteiger charge is -2.19. The molecule has 3 aromatic rings. The molecule has 0 heterocycles.